The van der Waals surface area contributed by atoms with Crippen molar-refractivity contribution in [3.05, 3.63) is 95.6 Å². The second-order valence-corrected chi connectivity index (χ2v) is 8.44. The quantitative estimate of drug-likeness (QED) is 0.177. The molecule has 0 bridgehead atoms. The van der Waals surface area contributed by atoms with E-state index in [-0.39, 0.29) is 17.7 Å². The number of hydrogen-bond donors (Lipinski definition) is 0. The van der Waals surface area contributed by atoms with E-state index in [2.05, 4.69) is 6.92 Å². The summed E-state index contributed by atoms with van der Waals surface area (Å²) in [6.07, 6.45) is 7.99. The van der Waals surface area contributed by atoms with Crippen molar-refractivity contribution in [2.45, 2.75) is 58.5 Å². The van der Waals surface area contributed by atoms with Crippen molar-refractivity contribution in [3.8, 4) is 11.5 Å². The van der Waals surface area contributed by atoms with Gasteiger partial charge in [-0.2, -0.15) is 0 Å². The Hall–Kier alpha value is -3.60. The molecule has 5 heteroatoms. The van der Waals surface area contributed by atoms with Gasteiger partial charge in [0.2, 0.25) is 0 Å². The van der Waals surface area contributed by atoms with Gasteiger partial charge in [-0.05, 0) is 48.4 Å². The summed E-state index contributed by atoms with van der Waals surface area (Å²) in [7, 11) is 0. The van der Waals surface area contributed by atoms with Crippen LogP contribution in [0.2, 0.25) is 0 Å². The Morgan fingerprint density at radius 1 is 0.629 bits per heavy atom. The molecule has 0 saturated carbocycles. The molecule has 0 N–H and O–H groups in total. The van der Waals surface area contributed by atoms with Crippen molar-refractivity contribution >= 4 is 11.9 Å². The van der Waals surface area contributed by atoms with Crippen molar-refractivity contribution < 1.29 is 23.8 Å². The standard InChI is InChI=1S/C30H34O5/c1-2-3-4-5-6-7-13-21-33-29(31)27-19-11-12-20-28(27)30(32)34-23-24-15-14-18-26(22-24)35-25-16-9-8-10-17-25/h8-12,14-20,22H,2-7,13,21,23H2,1H3. The van der Waals surface area contributed by atoms with Gasteiger partial charge in [0.05, 0.1) is 17.7 Å². The SMILES string of the molecule is CCCCCCCCCOC(=O)c1ccccc1C(=O)OCc1cccc(Oc2ccccc2)c1. The van der Waals surface area contributed by atoms with Crippen LogP contribution in [0.25, 0.3) is 0 Å². The Balaban J connectivity index is 1.49. The van der Waals surface area contributed by atoms with Gasteiger partial charge in [0.25, 0.3) is 0 Å². The van der Waals surface area contributed by atoms with Crippen LogP contribution in [0.3, 0.4) is 0 Å². The Labute approximate surface area is 208 Å². The molecule has 5 nitrogen and oxygen atoms in total. The lowest BCUT2D eigenvalue weighted by Gasteiger charge is -2.11. The summed E-state index contributed by atoms with van der Waals surface area (Å²) in [6, 6.07) is 23.4. The van der Waals surface area contributed by atoms with Crippen LogP contribution in [0.5, 0.6) is 11.5 Å². The van der Waals surface area contributed by atoms with Crippen molar-refractivity contribution in [1.82, 2.24) is 0 Å². The largest absolute Gasteiger partial charge is 0.462 e. The number of ether oxygens (including phenoxy) is 3. The highest BCUT2D eigenvalue weighted by Gasteiger charge is 2.19. The molecule has 0 aliphatic carbocycles. The number of para-hydroxylation sites is 1. The maximum atomic E-state index is 12.8. The first kappa shape index (κ1) is 26.0. The van der Waals surface area contributed by atoms with E-state index in [4.69, 9.17) is 14.2 Å². The molecule has 0 unspecified atom stereocenters. The molecular formula is C30H34O5. The summed E-state index contributed by atoms with van der Waals surface area (Å²) in [5.74, 6) is 0.314. The van der Waals surface area contributed by atoms with Crippen LogP contribution in [0.15, 0.2) is 78.9 Å². The van der Waals surface area contributed by atoms with E-state index in [0.717, 1.165) is 30.6 Å². The van der Waals surface area contributed by atoms with Gasteiger partial charge in [0, 0.05) is 0 Å². The van der Waals surface area contributed by atoms with Gasteiger partial charge >= 0.3 is 11.9 Å². The number of carbonyl (C=O) groups is 2. The number of esters is 2. The normalized spacial score (nSPS) is 10.5. The van der Waals surface area contributed by atoms with Crippen molar-refractivity contribution in [1.29, 1.82) is 0 Å². The minimum atomic E-state index is -0.567. The van der Waals surface area contributed by atoms with Gasteiger partial charge in [0.1, 0.15) is 18.1 Å². The Kier molecular flexibility index (Phi) is 10.9. The van der Waals surface area contributed by atoms with Crippen molar-refractivity contribution in [2.24, 2.45) is 0 Å². The maximum Gasteiger partial charge on any atom is 0.339 e. The maximum absolute atomic E-state index is 12.8. The lowest BCUT2D eigenvalue weighted by molar-refractivity contribution is 0.0436. The second-order valence-electron chi connectivity index (χ2n) is 8.44. The molecule has 0 aliphatic rings. The summed E-state index contributed by atoms with van der Waals surface area (Å²) in [6.45, 7) is 2.61. The fourth-order valence-corrected chi connectivity index (χ4v) is 3.69. The minimum absolute atomic E-state index is 0.0617. The summed E-state index contributed by atoms with van der Waals surface area (Å²) >= 11 is 0. The van der Waals surface area contributed by atoms with Gasteiger partial charge < -0.3 is 14.2 Å². The number of benzene rings is 3. The van der Waals surface area contributed by atoms with E-state index >= 15 is 0 Å². The van der Waals surface area contributed by atoms with E-state index in [1.807, 2.05) is 54.6 Å². The average molecular weight is 475 g/mol. The van der Waals surface area contributed by atoms with Gasteiger partial charge in [-0.3, -0.25) is 0 Å². The number of rotatable bonds is 14. The third-order valence-electron chi connectivity index (χ3n) is 5.60. The first-order chi connectivity index (χ1) is 17.2. The topological polar surface area (TPSA) is 61.8 Å². The van der Waals surface area contributed by atoms with Crippen LogP contribution in [0.4, 0.5) is 0 Å². The number of unbranched alkanes of at least 4 members (excludes halogenated alkanes) is 6. The zero-order chi connectivity index (χ0) is 24.7. The molecular weight excluding hydrogens is 440 g/mol. The smallest absolute Gasteiger partial charge is 0.339 e. The molecule has 0 spiro atoms. The predicted molar refractivity (Wildman–Crippen MR) is 137 cm³/mol. The molecule has 0 fully saturated rings. The molecule has 3 rings (SSSR count). The zero-order valence-corrected chi connectivity index (χ0v) is 20.4. The van der Waals surface area contributed by atoms with E-state index < -0.39 is 11.9 Å². The fourth-order valence-electron chi connectivity index (χ4n) is 3.69. The van der Waals surface area contributed by atoms with Crippen molar-refractivity contribution in [3.63, 3.8) is 0 Å². The van der Waals surface area contributed by atoms with Crippen LogP contribution < -0.4 is 4.74 Å². The molecule has 0 saturated heterocycles. The zero-order valence-electron chi connectivity index (χ0n) is 20.4. The predicted octanol–water partition coefficient (Wildman–Crippen LogP) is 7.74. The number of hydrogen-bond acceptors (Lipinski definition) is 5. The lowest BCUT2D eigenvalue weighted by Crippen LogP contribution is -2.14. The van der Waals surface area contributed by atoms with Crippen LogP contribution >= 0.6 is 0 Å². The summed E-state index contributed by atoms with van der Waals surface area (Å²) in [4.78, 5) is 25.3. The Morgan fingerprint density at radius 3 is 1.94 bits per heavy atom. The van der Waals surface area contributed by atoms with E-state index in [1.165, 1.54) is 25.7 Å². The van der Waals surface area contributed by atoms with E-state index in [9.17, 15) is 9.59 Å². The third-order valence-corrected chi connectivity index (χ3v) is 5.60. The second kappa shape index (κ2) is 14.6. The lowest BCUT2D eigenvalue weighted by atomic mass is 10.1. The van der Waals surface area contributed by atoms with Crippen LogP contribution in [0, 0.1) is 0 Å². The molecule has 3 aromatic rings. The molecule has 0 amide bonds. The summed E-state index contributed by atoms with van der Waals surface area (Å²) in [5, 5.41) is 0. The molecule has 0 aromatic heterocycles. The van der Waals surface area contributed by atoms with Gasteiger partial charge in [-0.25, -0.2) is 9.59 Å². The first-order valence-electron chi connectivity index (χ1n) is 12.4. The molecule has 0 heterocycles. The molecule has 3 aromatic carbocycles. The van der Waals surface area contributed by atoms with Crippen LogP contribution in [-0.2, 0) is 16.1 Å². The minimum Gasteiger partial charge on any atom is -0.462 e. The van der Waals surface area contributed by atoms with E-state index in [1.54, 1.807) is 24.3 Å². The first-order valence-corrected chi connectivity index (χ1v) is 12.4. The molecule has 35 heavy (non-hydrogen) atoms. The van der Waals surface area contributed by atoms with Gasteiger partial charge in [-0.1, -0.05) is 87.9 Å². The molecule has 0 aliphatic heterocycles. The molecule has 0 radical (unpaired) electrons. The molecule has 0 atom stereocenters. The van der Waals surface area contributed by atoms with Crippen LogP contribution in [0.1, 0.15) is 78.1 Å². The highest BCUT2D eigenvalue weighted by molar-refractivity contribution is 6.03. The number of carbonyl (C=O) groups excluding carboxylic acids is 2. The Morgan fingerprint density at radius 2 is 1.23 bits per heavy atom. The monoisotopic (exact) mass is 474 g/mol. The third kappa shape index (κ3) is 8.93. The van der Waals surface area contributed by atoms with Gasteiger partial charge in [0.15, 0.2) is 0 Å². The summed E-state index contributed by atoms with van der Waals surface area (Å²) in [5.41, 5.74) is 1.21. The Bertz CT molecular complexity index is 1060. The highest BCUT2D eigenvalue weighted by atomic mass is 16.5. The van der Waals surface area contributed by atoms with Crippen LogP contribution in [-0.4, -0.2) is 18.5 Å². The summed E-state index contributed by atoms with van der Waals surface area (Å²) < 4.78 is 16.8. The van der Waals surface area contributed by atoms with E-state index in [0.29, 0.717) is 12.4 Å². The van der Waals surface area contributed by atoms with Gasteiger partial charge in [-0.15, -0.1) is 0 Å². The van der Waals surface area contributed by atoms with Crippen molar-refractivity contribution in [2.75, 3.05) is 6.61 Å². The highest BCUT2D eigenvalue weighted by Crippen LogP contribution is 2.22. The molecule has 184 valence electrons. The average Bonchev–Trinajstić information content (AvgIpc) is 2.89. The fraction of sp³-hybridized carbons (Fsp3) is 0.333.